The molecule has 3 aromatic carbocycles. The number of thiazole rings is 1. The molecule has 2 aromatic heterocycles. The van der Waals surface area contributed by atoms with E-state index in [1.807, 2.05) is 43.3 Å². The normalized spacial score (nSPS) is 12.3. The van der Waals surface area contributed by atoms with Gasteiger partial charge in [-0.1, -0.05) is 65.7 Å². The van der Waals surface area contributed by atoms with Crippen LogP contribution in [0, 0.1) is 19.7 Å². The smallest absolute Gasteiger partial charge is 0.207 e. The number of halogens is 3. The number of aryl methyl sites for hydroxylation is 2. The van der Waals surface area contributed by atoms with Crippen LogP contribution < -0.4 is 10.1 Å². The number of nitrogens with zero attached hydrogens (tertiary/aromatic N) is 2. The molecule has 0 aliphatic heterocycles. The standard InChI is InChI=1S/C22H19Cl2FN2O2.C10H11NOS/c1-13(29)16-10-19(17(11-26-12-28)14-6-3-2-4-7-14)27-22(21(16)25)15-8-5-9-18(23)20(15)24;1-6-4-8(12-3)10-9(5-6)13-7(2)11-10/h2-10,12-13,17,29H,11H2,1H3,(H,26,28);4-5H,1-3H3. The number of aliphatic hydroxyl groups is 1. The van der Waals surface area contributed by atoms with Crippen LogP contribution in [0.4, 0.5) is 4.39 Å². The van der Waals surface area contributed by atoms with Gasteiger partial charge in [0.2, 0.25) is 6.41 Å². The lowest BCUT2D eigenvalue weighted by Crippen LogP contribution is -2.22. The molecule has 2 atom stereocenters. The van der Waals surface area contributed by atoms with Crippen molar-refractivity contribution in [2.75, 3.05) is 13.7 Å². The highest BCUT2D eigenvalue weighted by atomic mass is 35.5. The number of rotatable bonds is 8. The second-order valence-corrected chi connectivity index (χ2v) is 11.6. The number of benzene rings is 3. The van der Waals surface area contributed by atoms with Crippen LogP contribution in [0.2, 0.25) is 10.0 Å². The summed E-state index contributed by atoms with van der Waals surface area (Å²) in [7, 11) is 1.68. The number of carbonyl (C=O) groups excluding carboxylic acids is 1. The quantitative estimate of drug-likeness (QED) is 0.170. The van der Waals surface area contributed by atoms with Gasteiger partial charge in [0, 0.05) is 23.6 Å². The van der Waals surface area contributed by atoms with Crippen molar-refractivity contribution in [1.29, 1.82) is 0 Å². The van der Waals surface area contributed by atoms with Crippen molar-refractivity contribution in [3.05, 3.63) is 110 Å². The Morgan fingerprint density at radius 2 is 1.81 bits per heavy atom. The number of nitrogens with one attached hydrogen (secondary N) is 1. The molecule has 2 heterocycles. The molecule has 0 radical (unpaired) electrons. The average Bonchev–Trinajstić information content (AvgIpc) is 3.35. The Morgan fingerprint density at radius 3 is 2.48 bits per heavy atom. The summed E-state index contributed by atoms with van der Waals surface area (Å²) in [5, 5.41) is 14.4. The Labute approximate surface area is 258 Å². The van der Waals surface area contributed by atoms with E-state index < -0.39 is 11.9 Å². The minimum atomic E-state index is -1.07. The van der Waals surface area contributed by atoms with E-state index >= 15 is 4.39 Å². The number of aromatic nitrogens is 2. The van der Waals surface area contributed by atoms with Crippen molar-refractivity contribution in [1.82, 2.24) is 15.3 Å². The first-order valence-electron chi connectivity index (χ1n) is 13.1. The first-order valence-corrected chi connectivity index (χ1v) is 14.7. The summed E-state index contributed by atoms with van der Waals surface area (Å²) in [6, 6.07) is 20.0. The van der Waals surface area contributed by atoms with Crippen LogP contribution >= 0.6 is 34.5 Å². The summed E-state index contributed by atoms with van der Waals surface area (Å²) < 4.78 is 21.7. The highest BCUT2D eigenvalue weighted by Gasteiger charge is 2.24. The van der Waals surface area contributed by atoms with Crippen LogP contribution in [0.3, 0.4) is 0 Å². The Balaban J connectivity index is 0.000000258. The van der Waals surface area contributed by atoms with Gasteiger partial charge in [0.05, 0.1) is 38.7 Å². The largest absolute Gasteiger partial charge is 0.494 e. The van der Waals surface area contributed by atoms with Gasteiger partial charge in [0.1, 0.15) is 17.0 Å². The van der Waals surface area contributed by atoms with Crippen molar-refractivity contribution in [2.24, 2.45) is 0 Å². The topological polar surface area (TPSA) is 84.3 Å². The maximum Gasteiger partial charge on any atom is 0.207 e. The van der Waals surface area contributed by atoms with Crippen LogP contribution in [-0.4, -0.2) is 35.1 Å². The minimum absolute atomic E-state index is 0.00191. The van der Waals surface area contributed by atoms with Gasteiger partial charge >= 0.3 is 0 Å². The molecule has 10 heteroatoms. The predicted octanol–water partition coefficient (Wildman–Crippen LogP) is 8.05. The van der Waals surface area contributed by atoms with Gasteiger partial charge < -0.3 is 15.2 Å². The molecule has 2 N–H and O–H groups in total. The Morgan fingerprint density at radius 1 is 1.07 bits per heavy atom. The van der Waals surface area contributed by atoms with Crippen molar-refractivity contribution < 1.29 is 19.0 Å². The van der Waals surface area contributed by atoms with Crippen LogP contribution in [0.15, 0.2) is 66.7 Å². The number of hydrogen-bond acceptors (Lipinski definition) is 6. The van der Waals surface area contributed by atoms with Gasteiger partial charge in [-0.3, -0.25) is 4.79 Å². The van der Waals surface area contributed by atoms with Crippen molar-refractivity contribution in [2.45, 2.75) is 32.8 Å². The Kier molecular flexibility index (Phi) is 10.5. The number of ether oxygens (including phenoxy) is 1. The number of carbonyl (C=O) groups is 1. The fourth-order valence-corrected chi connectivity index (χ4v) is 5.89. The third-order valence-electron chi connectivity index (χ3n) is 6.56. The van der Waals surface area contributed by atoms with E-state index in [2.05, 4.69) is 28.3 Å². The molecular weight excluding hydrogens is 596 g/mol. The molecule has 0 fully saturated rings. The first kappa shape index (κ1) is 31.4. The molecule has 42 heavy (non-hydrogen) atoms. The van der Waals surface area contributed by atoms with Crippen LogP contribution in [0.5, 0.6) is 5.75 Å². The fourth-order valence-electron chi connectivity index (χ4n) is 4.56. The molecule has 0 aliphatic rings. The third kappa shape index (κ3) is 7.07. The van der Waals surface area contributed by atoms with Crippen molar-refractivity contribution >= 4 is 51.2 Å². The first-order chi connectivity index (χ1) is 20.1. The van der Waals surface area contributed by atoms with E-state index in [0.717, 1.165) is 21.8 Å². The highest BCUT2D eigenvalue weighted by Crippen LogP contribution is 2.37. The maximum atomic E-state index is 15.2. The summed E-state index contributed by atoms with van der Waals surface area (Å²) in [5.41, 5.74) is 4.00. The molecule has 5 aromatic rings. The molecular formula is C32H30Cl2FN3O3S. The molecule has 0 aliphatic carbocycles. The summed E-state index contributed by atoms with van der Waals surface area (Å²) in [6.07, 6.45) is -0.465. The molecule has 0 bridgehead atoms. The predicted molar refractivity (Wildman–Crippen MR) is 168 cm³/mol. The minimum Gasteiger partial charge on any atom is -0.494 e. The SMILES string of the molecule is CC(O)c1cc(C(CNC=O)c2ccccc2)nc(-c2cccc(Cl)c2Cl)c1F.COc1cc(C)cc2sc(C)nc12. The molecule has 2 unspecified atom stereocenters. The second kappa shape index (κ2) is 14.1. The highest BCUT2D eigenvalue weighted by molar-refractivity contribution is 7.18. The molecule has 0 saturated carbocycles. The monoisotopic (exact) mass is 625 g/mol. The zero-order valence-corrected chi connectivity index (χ0v) is 25.8. The van der Waals surface area contributed by atoms with Gasteiger partial charge in [0.25, 0.3) is 0 Å². The van der Waals surface area contributed by atoms with E-state index in [-0.39, 0.29) is 33.8 Å². The van der Waals surface area contributed by atoms with E-state index in [9.17, 15) is 9.90 Å². The third-order valence-corrected chi connectivity index (χ3v) is 8.29. The number of amides is 1. The summed E-state index contributed by atoms with van der Waals surface area (Å²) in [4.78, 5) is 19.9. The molecule has 1 amide bonds. The molecule has 0 saturated heterocycles. The van der Waals surface area contributed by atoms with Gasteiger partial charge in [-0.25, -0.2) is 14.4 Å². The van der Waals surface area contributed by atoms with Crippen LogP contribution in [-0.2, 0) is 4.79 Å². The van der Waals surface area contributed by atoms with Gasteiger partial charge in [0.15, 0.2) is 5.82 Å². The lowest BCUT2D eigenvalue weighted by Gasteiger charge is -2.20. The van der Waals surface area contributed by atoms with Crippen LogP contribution in [0.25, 0.3) is 21.5 Å². The van der Waals surface area contributed by atoms with E-state index in [0.29, 0.717) is 17.7 Å². The summed E-state index contributed by atoms with van der Waals surface area (Å²) >= 11 is 14.1. The molecule has 218 valence electrons. The number of hydrogen-bond donors (Lipinski definition) is 2. The number of aliphatic hydroxyl groups excluding tert-OH is 1. The van der Waals surface area contributed by atoms with Crippen molar-refractivity contribution in [3.63, 3.8) is 0 Å². The molecule has 5 rings (SSSR count). The van der Waals surface area contributed by atoms with Gasteiger partial charge in [-0.05, 0) is 56.2 Å². The molecule has 0 spiro atoms. The lowest BCUT2D eigenvalue weighted by molar-refractivity contribution is -0.109. The zero-order valence-electron chi connectivity index (χ0n) is 23.5. The van der Waals surface area contributed by atoms with Gasteiger partial charge in [-0.15, -0.1) is 11.3 Å². The number of pyridine rings is 1. The average molecular weight is 627 g/mol. The maximum absolute atomic E-state index is 15.2. The van der Waals surface area contributed by atoms with E-state index in [1.165, 1.54) is 23.3 Å². The molecule has 6 nitrogen and oxygen atoms in total. The summed E-state index contributed by atoms with van der Waals surface area (Å²) in [6.45, 7) is 5.82. The number of fused-ring (bicyclic) bond motifs is 1. The van der Waals surface area contributed by atoms with E-state index in [1.54, 1.807) is 36.6 Å². The Bertz CT molecular complexity index is 1700. The van der Waals surface area contributed by atoms with Crippen molar-refractivity contribution in [3.8, 4) is 17.0 Å². The van der Waals surface area contributed by atoms with Crippen LogP contribution in [0.1, 0.15) is 46.3 Å². The van der Waals surface area contributed by atoms with E-state index in [4.69, 9.17) is 27.9 Å². The summed E-state index contributed by atoms with van der Waals surface area (Å²) in [5.74, 6) is -0.140. The fraction of sp³-hybridized carbons (Fsp3) is 0.219. The number of methoxy groups -OCH3 is 1. The van der Waals surface area contributed by atoms with Gasteiger partial charge in [-0.2, -0.15) is 0 Å². The Hall–Kier alpha value is -3.56. The lowest BCUT2D eigenvalue weighted by atomic mass is 9.92. The second-order valence-electron chi connectivity index (χ2n) is 9.61. The zero-order chi connectivity index (χ0) is 30.4.